The number of amides is 1. The van der Waals surface area contributed by atoms with Crippen molar-refractivity contribution in [2.24, 2.45) is 0 Å². The number of hydrogen-bond acceptors (Lipinski definition) is 3. The Labute approximate surface area is 141 Å². The van der Waals surface area contributed by atoms with Crippen molar-refractivity contribution in [1.82, 2.24) is 5.32 Å². The number of halogens is 2. The summed E-state index contributed by atoms with van der Waals surface area (Å²) in [6.45, 7) is 0.117. The summed E-state index contributed by atoms with van der Waals surface area (Å²) in [6, 6.07) is 11.9. The van der Waals surface area contributed by atoms with Crippen LogP contribution in [0.5, 0.6) is 0 Å². The van der Waals surface area contributed by atoms with Crippen LogP contribution in [0.2, 0.25) is 5.02 Å². The Balaban J connectivity index is 1.97. The monoisotopic (exact) mass is 416 g/mol. The molecule has 1 atom stereocenters. The van der Waals surface area contributed by atoms with E-state index < -0.39 is 6.10 Å². The van der Waals surface area contributed by atoms with E-state index in [1.807, 2.05) is 0 Å². The normalized spacial score (nSPS) is 12.0. The number of aliphatic hydroxyl groups is 1. The molecule has 2 aromatic carbocycles. The van der Waals surface area contributed by atoms with E-state index in [0.717, 1.165) is 3.57 Å². The highest BCUT2D eigenvalue weighted by molar-refractivity contribution is 14.1. The lowest BCUT2D eigenvalue weighted by Gasteiger charge is -2.12. The Morgan fingerprint density at radius 3 is 2.57 bits per heavy atom. The molecule has 1 unspecified atom stereocenters. The van der Waals surface area contributed by atoms with Crippen LogP contribution < -0.4 is 11.1 Å². The van der Waals surface area contributed by atoms with Crippen molar-refractivity contribution in [1.29, 1.82) is 0 Å². The number of nitrogens with two attached hydrogens (primary N) is 1. The Bertz CT molecular complexity index is 647. The largest absolute Gasteiger partial charge is 0.399 e. The first-order valence-electron chi connectivity index (χ1n) is 6.24. The smallest absolute Gasteiger partial charge is 0.251 e. The molecule has 0 aromatic heterocycles. The summed E-state index contributed by atoms with van der Waals surface area (Å²) in [5, 5.41) is 13.2. The van der Waals surface area contributed by atoms with Crippen LogP contribution in [0.4, 0.5) is 5.69 Å². The fourth-order valence-corrected chi connectivity index (χ4v) is 2.28. The van der Waals surface area contributed by atoms with Gasteiger partial charge in [0.05, 0.1) is 11.1 Å². The van der Waals surface area contributed by atoms with E-state index >= 15 is 0 Å². The van der Waals surface area contributed by atoms with Gasteiger partial charge in [-0.15, -0.1) is 0 Å². The third-order valence-electron chi connectivity index (χ3n) is 2.96. The zero-order valence-corrected chi connectivity index (χ0v) is 13.9. The van der Waals surface area contributed by atoms with Gasteiger partial charge < -0.3 is 16.2 Å². The summed E-state index contributed by atoms with van der Waals surface area (Å²) in [5.41, 5.74) is 7.38. The van der Waals surface area contributed by atoms with E-state index in [1.165, 1.54) is 0 Å². The first-order valence-corrected chi connectivity index (χ1v) is 7.70. The molecule has 0 bridgehead atoms. The van der Waals surface area contributed by atoms with Crippen molar-refractivity contribution in [3.63, 3.8) is 0 Å². The number of benzene rings is 2. The Morgan fingerprint density at radius 2 is 1.95 bits per heavy atom. The Kier molecular flexibility index (Phi) is 5.44. The van der Waals surface area contributed by atoms with Gasteiger partial charge in [0.1, 0.15) is 0 Å². The highest BCUT2D eigenvalue weighted by Crippen LogP contribution is 2.20. The predicted octanol–water partition coefficient (Wildman–Crippen LogP) is 2.99. The SMILES string of the molecule is Nc1ccc(C(O)CNC(=O)c2ccc(I)c(Cl)c2)cc1. The van der Waals surface area contributed by atoms with Crippen molar-refractivity contribution in [2.75, 3.05) is 12.3 Å². The zero-order valence-electron chi connectivity index (χ0n) is 11.0. The second-order valence-electron chi connectivity index (χ2n) is 4.52. The fraction of sp³-hybridized carbons (Fsp3) is 0.133. The lowest BCUT2D eigenvalue weighted by atomic mass is 10.1. The molecule has 0 saturated carbocycles. The quantitative estimate of drug-likeness (QED) is 0.530. The molecule has 0 aliphatic carbocycles. The summed E-state index contributed by atoms with van der Waals surface area (Å²) in [5.74, 6) is -0.275. The maximum Gasteiger partial charge on any atom is 0.251 e. The molecule has 0 fully saturated rings. The van der Waals surface area contributed by atoms with Crippen molar-refractivity contribution in [3.05, 3.63) is 62.2 Å². The Hall–Kier alpha value is -1.31. The third kappa shape index (κ3) is 4.33. The summed E-state index contributed by atoms with van der Waals surface area (Å²) in [4.78, 5) is 12.0. The van der Waals surface area contributed by atoms with Gasteiger partial charge in [-0.25, -0.2) is 0 Å². The number of aliphatic hydroxyl groups excluding tert-OH is 1. The van der Waals surface area contributed by atoms with Crippen LogP contribution in [-0.2, 0) is 0 Å². The number of hydrogen-bond donors (Lipinski definition) is 3. The zero-order chi connectivity index (χ0) is 15.4. The van der Waals surface area contributed by atoms with Gasteiger partial charge in [0.25, 0.3) is 5.91 Å². The summed E-state index contributed by atoms with van der Waals surface area (Å²) in [6.07, 6.45) is -0.783. The molecule has 1 amide bonds. The molecule has 0 spiro atoms. The first kappa shape index (κ1) is 16.1. The predicted molar refractivity (Wildman–Crippen MR) is 92.3 cm³/mol. The molecule has 6 heteroatoms. The minimum atomic E-state index is -0.783. The van der Waals surface area contributed by atoms with Crippen LogP contribution in [-0.4, -0.2) is 17.6 Å². The molecule has 0 saturated heterocycles. The van der Waals surface area contributed by atoms with Gasteiger partial charge in [-0.05, 0) is 58.5 Å². The van der Waals surface area contributed by atoms with Crippen LogP contribution in [0, 0.1) is 3.57 Å². The highest BCUT2D eigenvalue weighted by atomic mass is 127. The second-order valence-corrected chi connectivity index (χ2v) is 6.09. The summed E-state index contributed by atoms with van der Waals surface area (Å²) < 4.78 is 0.882. The minimum Gasteiger partial charge on any atom is -0.399 e. The van der Waals surface area contributed by atoms with Gasteiger partial charge in [-0.3, -0.25) is 4.79 Å². The van der Waals surface area contributed by atoms with E-state index in [-0.39, 0.29) is 12.5 Å². The lowest BCUT2D eigenvalue weighted by molar-refractivity contribution is 0.0916. The van der Waals surface area contributed by atoms with Gasteiger partial charge in [-0.2, -0.15) is 0 Å². The maximum absolute atomic E-state index is 12.0. The third-order valence-corrected chi connectivity index (χ3v) is 4.53. The number of carbonyl (C=O) groups excluding carboxylic acids is 1. The lowest BCUT2D eigenvalue weighted by Crippen LogP contribution is -2.28. The average molecular weight is 417 g/mol. The molecule has 0 aliphatic rings. The molecular formula is C15H14ClIN2O2. The molecule has 2 aromatic rings. The Morgan fingerprint density at radius 1 is 1.29 bits per heavy atom. The van der Waals surface area contributed by atoms with Crippen molar-refractivity contribution in [2.45, 2.75) is 6.10 Å². The number of nitrogen functional groups attached to an aromatic ring is 1. The van der Waals surface area contributed by atoms with Gasteiger partial charge in [-0.1, -0.05) is 23.7 Å². The topological polar surface area (TPSA) is 75.3 Å². The van der Waals surface area contributed by atoms with Crippen molar-refractivity contribution >= 4 is 45.8 Å². The number of rotatable bonds is 4. The maximum atomic E-state index is 12.0. The van der Waals surface area contributed by atoms with Gasteiger partial charge >= 0.3 is 0 Å². The van der Waals surface area contributed by atoms with Gasteiger partial charge in [0, 0.05) is 21.4 Å². The highest BCUT2D eigenvalue weighted by Gasteiger charge is 2.11. The number of carbonyl (C=O) groups is 1. The summed E-state index contributed by atoms with van der Waals surface area (Å²) >= 11 is 8.08. The van der Waals surface area contributed by atoms with Gasteiger partial charge in [0.2, 0.25) is 0 Å². The average Bonchev–Trinajstić information content (AvgIpc) is 2.48. The molecule has 4 nitrogen and oxygen atoms in total. The molecular weight excluding hydrogens is 403 g/mol. The molecule has 0 aliphatic heterocycles. The van der Waals surface area contributed by atoms with Crippen LogP contribution >= 0.6 is 34.2 Å². The minimum absolute atomic E-state index is 0.117. The van der Waals surface area contributed by atoms with E-state index in [0.29, 0.717) is 21.8 Å². The molecule has 0 heterocycles. The van der Waals surface area contributed by atoms with Crippen LogP contribution in [0.15, 0.2) is 42.5 Å². The molecule has 4 N–H and O–H groups in total. The fourth-order valence-electron chi connectivity index (χ4n) is 1.76. The molecule has 110 valence electrons. The van der Waals surface area contributed by atoms with Crippen molar-refractivity contribution < 1.29 is 9.90 Å². The van der Waals surface area contributed by atoms with Crippen LogP contribution in [0.25, 0.3) is 0 Å². The van der Waals surface area contributed by atoms with Crippen LogP contribution in [0.3, 0.4) is 0 Å². The van der Waals surface area contributed by atoms with Gasteiger partial charge in [0.15, 0.2) is 0 Å². The van der Waals surface area contributed by atoms with E-state index in [2.05, 4.69) is 27.9 Å². The molecule has 2 rings (SSSR count). The van der Waals surface area contributed by atoms with E-state index in [4.69, 9.17) is 17.3 Å². The molecule has 21 heavy (non-hydrogen) atoms. The first-order chi connectivity index (χ1) is 9.97. The number of anilines is 1. The van der Waals surface area contributed by atoms with E-state index in [9.17, 15) is 9.90 Å². The molecule has 0 radical (unpaired) electrons. The number of nitrogens with one attached hydrogen (secondary N) is 1. The second kappa shape index (κ2) is 7.11. The van der Waals surface area contributed by atoms with E-state index in [1.54, 1.807) is 42.5 Å². The summed E-state index contributed by atoms with van der Waals surface area (Å²) in [7, 11) is 0. The van der Waals surface area contributed by atoms with Crippen LogP contribution in [0.1, 0.15) is 22.0 Å². The standard InChI is InChI=1S/C15H14ClIN2O2/c16-12-7-10(3-6-13(12)17)15(21)19-8-14(20)9-1-4-11(18)5-2-9/h1-7,14,20H,8,18H2,(H,19,21). The van der Waals surface area contributed by atoms with Crippen molar-refractivity contribution in [3.8, 4) is 0 Å².